The van der Waals surface area contributed by atoms with Gasteiger partial charge in [0, 0.05) is 31.3 Å². The third kappa shape index (κ3) is 4.09. The first-order chi connectivity index (χ1) is 8.56. The van der Waals surface area contributed by atoms with Gasteiger partial charge < -0.3 is 10.1 Å². The molecule has 1 aromatic carbocycles. The number of nitro groups is 1. The molecule has 0 bridgehead atoms. The minimum absolute atomic E-state index is 0.157. The van der Waals surface area contributed by atoms with E-state index in [-0.39, 0.29) is 16.7 Å². The highest BCUT2D eigenvalue weighted by atomic mass is 16.6. The lowest BCUT2D eigenvalue weighted by Crippen LogP contribution is -2.37. The Bertz CT molecular complexity index is 394. The van der Waals surface area contributed by atoms with Crippen molar-refractivity contribution in [3.05, 3.63) is 39.9 Å². The van der Waals surface area contributed by atoms with Gasteiger partial charge in [-0.05, 0) is 5.92 Å². The minimum atomic E-state index is -0.349. The van der Waals surface area contributed by atoms with Crippen molar-refractivity contribution in [1.82, 2.24) is 5.32 Å². The van der Waals surface area contributed by atoms with Crippen LogP contribution in [0.1, 0.15) is 19.4 Å². The molecule has 1 atom stereocenters. The number of rotatable bonds is 7. The molecule has 5 heteroatoms. The van der Waals surface area contributed by atoms with E-state index < -0.39 is 0 Å². The van der Waals surface area contributed by atoms with E-state index in [1.165, 1.54) is 6.07 Å². The Labute approximate surface area is 107 Å². The van der Waals surface area contributed by atoms with Gasteiger partial charge in [-0.1, -0.05) is 32.0 Å². The van der Waals surface area contributed by atoms with Gasteiger partial charge in [0.2, 0.25) is 0 Å². The average Bonchev–Trinajstić information content (AvgIpc) is 2.34. The summed E-state index contributed by atoms with van der Waals surface area (Å²) in [6.07, 6.45) is 0. The van der Waals surface area contributed by atoms with Crippen LogP contribution in [-0.2, 0) is 11.3 Å². The zero-order valence-corrected chi connectivity index (χ0v) is 11.1. The Hall–Kier alpha value is -1.46. The topological polar surface area (TPSA) is 64.4 Å². The van der Waals surface area contributed by atoms with Crippen LogP contribution < -0.4 is 5.32 Å². The Balaban J connectivity index is 2.70. The van der Waals surface area contributed by atoms with Crippen molar-refractivity contribution in [2.45, 2.75) is 26.4 Å². The fourth-order valence-electron chi connectivity index (χ4n) is 1.75. The van der Waals surface area contributed by atoms with Crippen molar-refractivity contribution in [3.8, 4) is 0 Å². The Kier molecular flexibility index (Phi) is 5.74. The molecule has 0 fully saturated rings. The zero-order valence-electron chi connectivity index (χ0n) is 11.1. The third-order valence-electron chi connectivity index (χ3n) is 2.89. The molecule has 5 nitrogen and oxygen atoms in total. The molecule has 0 aromatic heterocycles. The van der Waals surface area contributed by atoms with Crippen LogP contribution in [-0.4, -0.2) is 24.7 Å². The molecule has 0 aliphatic heterocycles. The number of ether oxygens (including phenoxy) is 1. The van der Waals surface area contributed by atoms with E-state index in [4.69, 9.17) is 4.74 Å². The predicted molar refractivity (Wildman–Crippen MR) is 70.4 cm³/mol. The van der Waals surface area contributed by atoms with Gasteiger partial charge in [-0.25, -0.2) is 0 Å². The summed E-state index contributed by atoms with van der Waals surface area (Å²) in [4.78, 5) is 10.5. The number of methoxy groups -OCH3 is 1. The number of nitrogens with zero attached hydrogens (tertiary/aromatic N) is 1. The Morgan fingerprint density at radius 2 is 2.06 bits per heavy atom. The molecule has 18 heavy (non-hydrogen) atoms. The second kappa shape index (κ2) is 7.08. The Morgan fingerprint density at radius 3 is 2.61 bits per heavy atom. The zero-order chi connectivity index (χ0) is 13.5. The largest absolute Gasteiger partial charge is 0.383 e. The highest BCUT2D eigenvalue weighted by Crippen LogP contribution is 2.17. The molecule has 1 unspecified atom stereocenters. The molecule has 100 valence electrons. The summed E-state index contributed by atoms with van der Waals surface area (Å²) in [7, 11) is 1.65. The lowest BCUT2D eigenvalue weighted by molar-refractivity contribution is -0.385. The van der Waals surface area contributed by atoms with Crippen molar-refractivity contribution in [3.63, 3.8) is 0 Å². The van der Waals surface area contributed by atoms with Gasteiger partial charge in [0.25, 0.3) is 5.69 Å². The molecule has 0 saturated heterocycles. The molecular formula is C13H20N2O3. The molecule has 0 aliphatic rings. The lowest BCUT2D eigenvalue weighted by atomic mass is 10.0. The second-order valence-corrected chi connectivity index (χ2v) is 4.57. The maximum atomic E-state index is 10.9. The summed E-state index contributed by atoms with van der Waals surface area (Å²) >= 11 is 0. The fourth-order valence-corrected chi connectivity index (χ4v) is 1.75. The monoisotopic (exact) mass is 252 g/mol. The molecule has 0 radical (unpaired) electrons. The average molecular weight is 252 g/mol. The van der Waals surface area contributed by atoms with Gasteiger partial charge in [-0.3, -0.25) is 10.1 Å². The number of para-hydroxylation sites is 1. The Morgan fingerprint density at radius 1 is 1.39 bits per heavy atom. The van der Waals surface area contributed by atoms with E-state index in [0.29, 0.717) is 24.6 Å². The maximum Gasteiger partial charge on any atom is 0.273 e. The summed E-state index contributed by atoms with van der Waals surface area (Å²) in [6, 6.07) is 6.98. The lowest BCUT2D eigenvalue weighted by Gasteiger charge is -2.21. The third-order valence-corrected chi connectivity index (χ3v) is 2.89. The van der Waals surface area contributed by atoms with Gasteiger partial charge in [0.1, 0.15) is 0 Å². The predicted octanol–water partition coefficient (Wildman–Crippen LogP) is 2.36. The van der Waals surface area contributed by atoms with E-state index >= 15 is 0 Å². The standard InChI is InChI=1S/C13H20N2O3/c1-10(2)12(9-18-3)14-8-11-6-4-5-7-13(11)15(16)17/h4-7,10,12,14H,8-9H2,1-3H3. The van der Waals surface area contributed by atoms with E-state index in [0.717, 1.165) is 0 Å². The maximum absolute atomic E-state index is 10.9. The van der Waals surface area contributed by atoms with Crippen LogP contribution >= 0.6 is 0 Å². The summed E-state index contributed by atoms with van der Waals surface area (Å²) in [5.41, 5.74) is 0.856. The van der Waals surface area contributed by atoms with Gasteiger partial charge in [0.15, 0.2) is 0 Å². The van der Waals surface area contributed by atoms with Crippen LogP contribution in [0.2, 0.25) is 0 Å². The molecule has 0 amide bonds. The van der Waals surface area contributed by atoms with E-state index in [1.807, 2.05) is 6.07 Å². The molecule has 1 aromatic rings. The van der Waals surface area contributed by atoms with Crippen LogP contribution in [0.5, 0.6) is 0 Å². The molecular weight excluding hydrogens is 232 g/mol. The number of nitro benzene ring substituents is 1. The molecule has 0 aliphatic carbocycles. The van der Waals surface area contributed by atoms with Crippen LogP contribution in [0.4, 0.5) is 5.69 Å². The number of benzene rings is 1. The van der Waals surface area contributed by atoms with E-state index in [1.54, 1.807) is 19.2 Å². The summed E-state index contributed by atoms with van der Waals surface area (Å²) in [5.74, 6) is 0.410. The van der Waals surface area contributed by atoms with E-state index in [9.17, 15) is 10.1 Å². The van der Waals surface area contributed by atoms with E-state index in [2.05, 4.69) is 19.2 Å². The molecule has 0 saturated carbocycles. The van der Waals surface area contributed by atoms with Gasteiger partial charge in [-0.15, -0.1) is 0 Å². The summed E-state index contributed by atoms with van der Waals surface area (Å²) in [5, 5.41) is 14.2. The summed E-state index contributed by atoms with van der Waals surface area (Å²) < 4.78 is 5.14. The van der Waals surface area contributed by atoms with Gasteiger partial charge >= 0.3 is 0 Å². The number of hydrogen-bond acceptors (Lipinski definition) is 4. The first-order valence-corrected chi connectivity index (χ1v) is 6.01. The van der Waals surface area contributed by atoms with Crippen LogP contribution in [0, 0.1) is 16.0 Å². The van der Waals surface area contributed by atoms with Gasteiger partial charge in [0.05, 0.1) is 11.5 Å². The molecule has 0 spiro atoms. The minimum Gasteiger partial charge on any atom is -0.383 e. The number of hydrogen-bond donors (Lipinski definition) is 1. The first kappa shape index (κ1) is 14.6. The summed E-state index contributed by atoms with van der Waals surface area (Å²) in [6.45, 7) is 5.26. The second-order valence-electron chi connectivity index (χ2n) is 4.57. The van der Waals surface area contributed by atoms with Crippen LogP contribution in [0.15, 0.2) is 24.3 Å². The molecule has 1 rings (SSSR count). The normalized spacial score (nSPS) is 12.7. The van der Waals surface area contributed by atoms with Crippen molar-refractivity contribution >= 4 is 5.69 Å². The number of nitrogens with one attached hydrogen (secondary N) is 1. The smallest absolute Gasteiger partial charge is 0.273 e. The van der Waals surface area contributed by atoms with Crippen molar-refractivity contribution in [2.75, 3.05) is 13.7 Å². The SMILES string of the molecule is COCC(NCc1ccccc1[N+](=O)[O-])C(C)C. The quantitative estimate of drug-likeness (QED) is 0.597. The highest BCUT2D eigenvalue weighted by molar-refractivity contribution is 5.39. The van der Waals surface area contributed by atoms with Crippen LogP contribution in [0.3, 0.4) is 0 Å². The molecule has 1 N–H and O–H groups in total. The van der Waals surface area contributed by atoms with Crippen LogP contribution in [0.25, 0.3) is 0 Å². The van der Waals surface area contributed by atoms with Crippen molar-refractivity contribution in [1.29, 1.82) is 0 Å². The van der Waals surface area contributed by atoms with Gasteiger partial charge in [-0.2, -0.15) is 0 Å². The van der Waals surface area contributed by atoms with Crippen molar-refractivity contribution in [2.24, 2.45) is 5.92 Å². The van der Waals surface area contributed by atoms with Crippen molar-refractivity contribution < 1.29 is 9.66 Å². The molecule has 0 heterocycles. The fraction of sp³-hybridized carbons (Fsp3) is 0.538. The first-order valence-electron chi connectivity index (χ1n) is 6.01. The highest BCUT2D eigenvalue weighted by Gasteiger charge is 2.16.